The Labute approximate surface area is 335 Å². The lowest BCUT2D eigenvalue weighted by Gasteiger charge is -2.24. The fraction of sp³-hybridized carbons (Fsp3) is 0.875. The van der Waals surface area contributed by atoms with Gasteiger partial charge in [-0.25, -0.2) is 0 Å². The third-order valence-corrected chi connectivity index (χ3v) is 10.8. The molecule has 0 aliphatic carbocycles. The largest absolute Gasteiger partial charge is 0.462 e. The Kier molecular flexibility index (Phi) is 41.2. The van der Waals surface area contributed by atoms with Gasteiger partial charge in [-0.15, -0.1) is 0 Å². The monoisotopic (exact) mass is 762 g/mol. The van der Waals surface area contributed by atoms with Crippen molar-refractivity contribution in [2.45, 2.75) is 264 Å². The number of aliphatic hydroxyl groups is 2. The summed E-state index contributed by atoms with van der Waals surface area (Å²) in [5.74, 6) is -0.480. The van der Waals surface area contributed by atoms with Gasteiger partial charge in [0.05, 0.1) is 25.2 Å². The third kappa shape index (κ3) is 37.3. The SMILES string of the molecule is CC/C=C/C/C=C/CCCCCCCC(CC(=O)NC(CO)C(O)CCCCCCCCCCCC)OC(=O)CCCCCCCCCCCCCCC. The van der Waals surface area contributed by atoms with Gasteiger partial charge in [0.15, 0.2) is 0 Å². The smallest absolute Gasteiger partial charge is 0.306 e. The van der Waals surface area contributed by atoms with Crippen LogP contribution in [0, 0.1) is 0 Å². The molecule has 0 fully saturated rings. The van der Waals surface area contributed by atoms with Gasteiger partial charge < -0.3 is 20.3 Å². The van der Waals surface area contributed by atoms with Crippen LogP contribution >= 0.6 is 0 Å². The van der Waals surface area contributed by atoms with Crippen molar-refractivity contribution >= 4 is 11.9 Å². The quantitative estimate of drug-likeness (QED) is 0.0327. The number of hydrogen-bond donors (Lipinski definition) is 3. The van der Waals surface area contributed by atoms with E-state index < -0.39 is 18.2 Å². The standard InChI is InChI=1S/C48H91NO5/c1-4-7-10-13-16-19-22-24-26-29-32-35-38-41-48(53)54-44(39-36-33-30-27-25-23-20-17-14-11-8-5-2)42-47(52)49-45(43-50)46(51)40-37-34-31-28-21-18-15-12-9-6-3/h8,11,17,20,44-46,50-51H,4-7,9-10,12-16,18-19,21-43H2,1-3H3,(H,49,52)/b11-8+,20-17+. The molecule has 0 aliphatic rings. The molecule has 0 saturated carbocycles. The number of hydrogen-bond acceptors (Lipinski definition) is 5. The Morgan fingerprint density at radius 3 is 1.50 bits per heavy atom. The number of ether oxygens (including phenoxy) is 1. The van der Waals surface area contributed by atoms with E-state index in [-0.39, 0.29) is 24.9 Å². The predicted molar refractivity (Wildman–Crippen MR) is 232 cm³/mol. The molecule has 6 nitrogen and oxygen atoms in total. The van der Waals surface area contributed by atoms with Crippen molar-refractivity contribution in [2.75, 3.05) is 6.61 Å². The van der Waals surface area contributed by atoms with Gasteiger partial charge in [-0.05, 0) is 51.4 Å². The fourth-order valence-corrected chi connectivity index (χ4v) is 7.23. The van der Waals surface area contributed by atoms with Crippen LogP contribution in [0.3, 0.4) is 0 Å². The third-order valence-electron chi connectivity index (χ3n) is 10.8. The molecule has 0 bridgehead atoms. The van der Waals surface area contributed by atoms with Gasteiger partial charge in [-0.2, -0.15) is 0 Å². The van der Waals surface area contributed by atoms with Crippen molar-refractivity contribution in [2.24, 2.45) is 0 Å². The number of unbranched alkanes of at least 4 members (excludes halogenated alkanes) is 26. The van der Waals surface area contributed by atoms with E-state index in [4.69, 9.17) is 4.74 Å². The van der Waals surface area contributed by atoms with E-state index >= 15 is 0 Å². The van der Waals surface area contributed by atoms with Crippen LogP contribution in [0.4, 0.5) is 0 Å². The van der Waals surface area contributed by atoms with E-state index in [1.807, 2.05) is 0 Å². The summed E-state index contributed by atoms with van der Waals surface area (Å²) in [4.78, 5) is 26.0. The second kappa shape index (κ2) is 42.5. The van der Waals surface area contributed by atoms with Crippen molar-refractivity contribution in [3.63, 3.8) is 0 Å². The zero-order chi connectivity index (χ0) is 39.6. The number of allylic oxidation sites excluding steroid dienone is 4. The molecule has 3 unspecified atom stereocenters. The van der Waals surface area contributed by atoms with E-state index in [9.17, 15) is 19.8 Å². The van der Waals surface area contributed by atoms with Gasteiger partial charge >= 0.3 is 5.97 Å². The minimum Gasteiger partial charge on any atom is -0.462 e. The van der Waals surface area contributed by atoms with Crippen LogP contribution in [0.2, 0.25) is 0 Å². The van der Waals surface area contributed by atoms with Crippen LogP contribution in [0.5, 0.6) is 0 Å². The summed E-state index contributed by atoms with van der Waals surface area (Å²) in [6.45, 7) is 6.36. The van der Waals surface area contributed by atoms with Crippen molar-refractivity contribution < 1.29 is 24.5 Å². The molecule has 0 rings (SSSR count). The second-order valence-electron chi connectivity index (χ2n) is 16.1. The lowest BCUT2D eigenvalue weighted by molar-refractivity contribution is -0.151. The zero-order valence-corrected chi connectivity index (χ0v) is 36.1. The fourth-order valence-electron chi connectivity index (χ4n) is 7.23. The summed E-state index contributed by atoms with van der Waals surface area (Å²) < 4.78 is 5.90. The van der Waals surface area contributed by atoms with Crippen molar-refractivity contribution in [3.8, 4) is 0 Å². The maximum Gasteiger partial charge on any atom is 0.306 e. The molecule has 3 atom stereocenters. The molecule has 0 saturated heterocycles. The maximum atomic E-state index is 13.1. The Morgan fingerprint density at radius 2 is 1.00 bits per heavy atom. The van der Waals surface area contributed by atoms with Crippen LogP contribution in [0.15, 0.2) is 24.3 Å². The first-order chi connectivity index (χ1) is 26.5. The highest BCUT2D eigenvalue weighted by molar-refractivity contribution is 5.77. The lowest BCUT2D eigenvalue weighted by Crippen LogP contribution is -2.46. The summed E-state index contributed by atoms with van der Waals surface area (Å²) in [7, 11) is 0. The van der Waals surface area contributed by atoms with Crippen LogP contribution in [-0.2, 0) is 14.3 Å². The van der Waals surface area contributed by atoms with E-state index in [1.54, 1.807) is 0 Å². The van der Waals surface area contributed by atoms with E-state index in [2.05, 4.69) is 50.4 Å². The summed E-state index contributed by atoms with van der Waals surface area (Å²) in [5, 5.41) is 23.6. The lowest BCUT2D eigenvalue weighted by atomic mass is 10.0. The molecule has 6 heteroatoms. The molecule has 3 N–H and O–H groups in total. The summed E-state index contributed by atoms with van der Waals surface area (Å²) in [6.07, 6.45) is 46.6. The number of carbonyl (C=O) groups is 2. The molecule has 0 aromatic carbocycles. The van der Waals surface area contributed by atoms with Gasteiger partial charge in [0, 0.05) is 6.42 Å². The molecule has 0 heterocycles. The first kappa shape index (κ1) is 52.3. The first-order valence-electron chi connectivity index (χ1n) is 23.6. The number of esters is 1. The summed E-state index contributed by atoms with van der Waals surface area (Å²) in [5.41, 5.74) is 0. The average molecular weight is 762 g/mol. The highest BCUT2D eigenvalue weighted by Crippen LogP contribution is 2.18. The number of rotatable bonds is 42. The first-order valence-corrected chi connectivity index (χ1v) is 23.6. The number of amides is 1. The van der Waals surface area contributed by atoms with Crippen LogP contribution < -0.4 is 5.32 Å². The summed E-state index contributed by atoms with van der Waals surface area (Å²) >= 11 is 0. The van der Waals surface area contributed by atoms with Crippen LogP contribution in [0.1, 0.15) is 245 Å². The molecule has 0 spiro atoms. The average Bonchev–Trinajstić information content (AvgIpc) is 3.16. The van der Waals surface area contributed by atoms with Gasteiger partial charge in [-0.3, -0.25) is 9.59 Å². The molecule has 0 radical (unpaired) electrons. The van der Waals surface area contributed by atoms with E-state index in [0.29, 0.717) is 19.3 Å². The van der Waals surface area contributed by atoms with Crippen molar-refractivity contribution in [1.29, 1.82) is 0 Å². The minimum absolute atomic E-state index is 0.0725. The molecule has 0 aliphatic heterocycles. The predicted octanol–water partition coefficient (Wildman–Crippen LogP) is 13.6. The number of carbonyl (C=O) groups excluding carboxylic acids is 2. The van der Waals surface area contributed by atoms with Crippen LogP contribution in [-0.4, -0.2) is 46.9 Å². The normalized spacial score (nSPS) is 13.5. The second-order valence-corrected chi connectivity index (χ2v) is 16.1. The molecule has 1 amide bonds. The van der Waals surface area contributed by atoms with E-state index in [1.165, 1.54) is 122 Å². The molecule has 0 aromatic heterocycles. The van der Waals surface area contributed by atoms with Gasteiger partial charge in [0.1, 0.15) is 6.10 Å². The number of nitrogens with one attached hydrogen (secondary N) is 1. The van der Waals surface area contributed by atoms with E-state index in [0.717, 1.165) is 77.0 Å². The van der Waals surface area contributed by atoms with Gasteiger partial charge in [0.2, 0.25) is 5.91 Å². The molecular weight excluding hydrogens is 671 g/mol. The number of aliphatic hydroxyl groups excluding tert-OH is 2. The topological polar surface area (TPSA) is 95.9 Å². The summed E-state index contributed by atoms with van der Waals surface area (Å²) in [6, 6.07) is -0.699. The molecule has 318 valence electrons. The Balaban J connectivity index is 4.58. The van der Waals surface area contributed by atoms with Gasteiger partial charge in [0.25, 0.3) is 0 Å². The van der Waals surface area contributed by atoms with Crippen molar-refractivity contribution in [1.82, 2.24) is 5.32 Å². The molecule has 54 heavy (non-hydrogen) atoms. The molecule has 0 aromatic rings. The zero-order valence-electron chi connectivity index (χ0n) is 36.1. The Hall–Kier alpha value is -1.66. The van der Waals surface area contributed by atoms with Crippen molar-refractivity contribution in [3.05, 3.63) is 24.3 Å². The molecular formula is C48H91NO5. The van der Waals surface area contributed by atoms with Gasteiger partial charge in [-0.1, -0.05) is 206 Å². The van der Waals surface area contributed by atoms with Crippen LogP contribution in [0.25, 0.3) is 0 Å². The Bertz CT molecular complexity index is 858. The maximum absolute atomic E-state index is 13.1. The Morgan fingerprint density at radius 1 is 0.556 bits per heavy atom. The minimum atomic E-state index is -0.785. The highest BCUT2D eigenvalue weighted by atomic mass is 16.5. The highest BCUT2D eigenvalue weighted by Gasteiger charge is 2.24.